The summed E-state index contributed by atoms with van der Waals surface area (Å²) in [6.07, 6.45) is 4.24. The van der Waals surface area contributed by atoms with Crippen molar-refractivity contribution in [2.45, 2.75) is 81.1 Å². The summed E-state index contributed by atoms with van der Waals surface area (Å²) in [5, 5.41) is 3.07. The fourth-order valence-corrected chi connectivity index (χ4v) is 3.39. The Morgan fingerprint density at radius 2 is 1.47 bits per heavy atom. The first-order chi connectivity index (χ1) is 8.40. The van der Waals surface area contributed by atoms with Gasteiger partial charge in [0.15, 0.2) is 0 Å². The Morgan fingerprint density at radius 3 is 1.89 bits per heavy atom. The first-order valence-corrected chi connectivity index (χ1v) is 7.68. The lowest BCUT2D eigenvalue weighted by atomic mass is 9.68. The molecule has 1 amide bonds. The molecular weight excluding hydrogens is 234 g/mol. The number of unbranched alkanes of at least 4 members (excludes halogenated alkanes) is 1. The van der Waals surface area contributed by atoms with E-state index in [1.807, 2.05) is 0 Å². The predicted molar refractivity (Wildman–Crippen MR) is 84.2 cm³/mol. The molecule has 0 aliphatic rings. The fraction of sp³-hybridized carbons (Fsp3) is 0.941. The molecule has 0 radical (unpaired) electrons. The zero-order valence-electron chi connectivity index (χ0n) is 14.4. The molecular formula is C17H35NO. The topological polar surface area (TPSA) is 29.1 Å². The molecule has 0 aromatic carbocycles. The van der Waals surface area contributed by atoms with Crippen LogP contribution >= 0.6 is 0 Å². The van der Waals surface area contributed by atoms with Gasteiger partial charge in [-0.3, -0.25) is 4.79 Å². The Morgan fingerprint density at radius 1 is 0.947 bits per heavy atom. The lowest BCUT2D eigenvalue weighted by Crippen LogP contribution is -2.40. The van der Waals surface area contributed by atoms with Crippen molar-refractivity contribution in [3.05, 3.63) is 0 Å². The van der Waals surface area contributed by atoms with Crippen LogP contribution in [0, 0.1) is 16.2 Å². The number of carbonyl (C=O) groups excluding carboxylic acids is 1. The Hall–Kier alpha value is -0.530. The van der Waals surface area contributed by atoms with E-state index in [0.29, 0.717) is 5.41 Å². The summed E-state index contributed by atoms with van der Waals surface area (Å²) < 4.78 is 0. The van der Waals surface area contributed by atoms with E-state index < -0.39 is 0 Å². The van der Waals surface area contributed by atoms with Crippen LogP contribution in [0.2, 0.25) is 0 Å². The van der Waals surface area contributed by atoms with E-state index >= 15 is 0 Å². The third-order valence-electron chi connectivity index (χ3n) is 3.36. The highest BCUT2D eigenvalue weighted by Gasteiger charge is 2.36. The number of hydrogen-bond donors (Lipinski definition) is 1. The molecule has 0 saturated carbocycles. The highest BCUT2D eigenvalue weighted by Crippen LogP contribution is 2.41. The SMILES string of the molecule is CCCCNC(=O)C(C)(C)CC(C)(C)CC(C)(C)C. The van der Waals surface area contributed by atoms with Gasteiger partial charge in [-0.1, -0.05) is 61.8 Å². The molecule has 0 aliphatic carbocycles. The van der Waals surface area contributed by atoms with Crippen LogP contribution in [0.4, 0.5) is 0 Å². The minimum Gasteiger partial charge on any atom is -0.356 e. The second-order valence-corrected chi connectivity index (χ2v) is 8.57. The van der Waals surface area contributed by atoms with Crippen LogP contribution in [0.25, 0.3) is 0 Å². The van der Waals surface area contributed by atoms with E-state index in [0.717, 1.165) is 32.2 Å². The Labute approximate surface area is 120 Å². The lowest BCUT2D eigenvalue weighted by molar-refractivity contribution is -0.131. The highest BCUT2D eigenvalue weighted by molar-refractivity contribution is 5.81. The van der Waals surface area contributed by atoms with Crippen molar-refractivity contribution in [3.63, 3.8) is 0 Å². The van der Waals surface area contributed by atoms with Crippen LogP contribution in [0.15, 0.2) is 0 Å². The summed E-state index contributed by atoms with van der Waals surface area (Å²) >= 11 is 0. The molecule has 0 aliphatic heterocycles. The predicted octanol–water partition coefficient (Wildman–Crippen LogP) is 4.78. The number of nitrogens with one attached hydrogen (secondary N) is 1. The Kier molecular flexibility index (Phi) is 6.57. The van der Waals surface area contributed by atoms with Gasteiger partial charge in [-0.25, -0.2) is 0 Å². The van der Waals surface area contributed by atoms with E-state index in [1.54, 1.807) is 0 Å². The molecule has 0 saturated heterocycles. The van der Waals surface area contributed by atoms with Crippen molar-refractivity contribution in [1.82, 2.24) is 5.32 Å². The number of rotatable bonds is 7. The Bertz CT molecular complexity index is 284. The number of amides is 1. The van der Waals surface area contributed by atoms with Gasteiger partial charge in [-0.05, 0) is 30.1 Å². The van der Waals surface area contributed by atoms with Gasteiger partial charge >= 0.3 is 0 Å². The molecule has 2 heteroatoms. The molecule has 0 heterocycles. The summed E-state index contributed by atoms with van der Waals surface area (Å²) in [6.45, 7) is 18.4. The van der Waals surface area contributed by atoms with Crippen molar-refractivity contribution in [2.24, 2.45) is 16.2 Å². The van der Waals surface area contributed by atoms with Gasteiger partial charge in [0, 0.05) is 12.0 Å². The monoisotopic (exact) mass is 269 g/mol. The van der Waals surface area contributed by atoms with Crippen LogP contribution in [-0.4, -0.2) is 12.5 Å². The van der Waals surface area contributed by atoms with E-state index in [1.165, 1.54) is 0 Å². The summed E-state index contributed by atoms with van der Waals surface area (Å²) in [4.78, 5) is 12.3. The molecule has 0 atom stereocenters. The van der Waals surface area contributed by atoms with Crippen LogP contribution in [0.5, 0.6) is 0 Å². The van der Waals surface area contributed by atoms with Gasteiger partial charge in [-0.2, -0.15) is 0 Å². The summed E-state index contributed by atoms with van der Waals surface area (Å²) in [6, 6.07) is 0. The van der Waals surface area contributed by atoms with Crippen LogP contribution in [0.1, 0.15) is 81.1 Å². The maximum Gasteiger partial charge on any atom is 0.225 e. The first kappa shape index (κ1) is 18.5. The van der Waals surface area contributed by atoms with E-state index in [-0.39, 0.29) is 16.7 Å². The van der Waals surface area contributed by atoms with Crippen LogP contribution in [0.3, 0.4) is 0 Å². The van der Waals surface area contributed by atoms with Crippen LogP contribution in [-0.2, 0) is 4.79 Å². The van der Waals surface area contributed by atoms with E-state index in [9.17, 15) is 4.79 Å². The van der Waals surface area contributed by atoms with Gasteiger partial charge < -0.3 is 5.32 Å². The van der Waals surface area contributed by atoms with Crippen molar-refractivity contribution in [1.29, 1.82) is 0 Å². The largest absolute Gasteiger partial charge is 0.356 e. The molecule has 0 rings (SSSR count). The maximum absolute atomic E-state index is 12.3. The van der Waals surface area contributed by atoms with Crippen molar-refractivity contribution >= 4 is 5.91 Å². The molecule has 2 nitrogen and oxygen atoms in total. The van der Waals surface area contributed by atoms with Crippen molar-refractivity contribution < 1.29 is 4.79 Å². The second-order valence-electron chi connectivity index (χ2n) is 8.57. The first-order valence-electron chi connectivity index (χ1n) is 7.68. The molecule has 0 bridgehead atoms. The van der Waals surface area contributed by atoms with Crippen molar-refractivity contribution in [2.75, 3.05) is 6.54 Å². The minimum atomic E-state index is -0.289. The normalized spacial score (nSPS) is 13.5. The smallest absolute Gasteiger partial charge is 0.225 e. The maximum atomic E-state index is 12.3. The summed E-state index contributed by atoms with van der Waals surface area (Å²) in [5.41, 5.74) is 0.199. The second kappa shape index (κ2) is 6.76. The molecule has 0 aromatic heterocycles. The zero-order valence-corrected chi connectivity index (χ0v) is 14.4. The molecule has 1 N–H and O–H groups in total. The van der Waals surface area contributed by atoms with Gasteiger partial charge in [0.05, 0.1) is 0 Å². The molecule has 19 heavy (non-hydrogen) atoms. The average molecular weight is 269 g/mol. The van der Waals surface area contributed by atoms with E-state index in [2.05, 4.69) is 60.7 Å². The molecule has 0 fully saturated rings. The molecule has 0 unspecified atom stereocenters. The Balaban J connectivity index is 4.52. The fourth-order valence-electron chi connectivity index (χ4n) is 3.39. The van der Waals surface area contributed by atoms with Crippen molar-refractivity contribution in [3.8, 4) is 0 Å². The zero-order chi connectivity index (χ0) is 15.3. The standard InChI is InChI=1S/C17H35NO/c1-9-10-11-18-14(19)17(7,8)13-16(5,6)12-15(2,3)4/h9-13H2,1-8H3,(H,18,19). The minimum absolute atomic E-state index is 0.184. The quantitative estimate of drug-likeness (QED) is 0.662. The molecule has 0 spiro atoms. The van der Waals surface area contributed by atoms with Crippen LogP contribution < -0.4 is 5.32 Å². The van der Waals surface area contributed by atoms with Gasteiger partial charge in [-0.15, -0.1) is 0 Å². The van der Waals surface area contributed by atoms with Gasteiger partial charge in [0.25, 0.3) is 0 Å². The van der Waals surface area contributed by atoms with Gasteiger partial charge in [0.1, 0.15) is 0 Å². The van der Waals surface area contributed by atoms with Gasteiger partial charge in [0.2, 0.25) is 5.91 Å². The third-order valence-corrected chi connectivity index (χ3v) is 3.36. The molecule has 114 valence electrons. The average Bonchev–Trinajstić information content (AvgIpc) is 2.11. The highest BCUT2D eigenvalue weighted by atomic mass is 16.2. The molecule has 0 aromatic rings. The third kappa shape index (κ3) is 8.28. The number of carbonyl (C=O) groups is 1. The summed E-state index contributed by atoms with van der Waals surface area (Å²) in [7, 11) is 0. The lowest BCUT2D eigenvalue weighted by Gasteiger charge is -2.38. The summed E-state index contributed by atoms with van der Waals surface area (Å²) in [5.74, 6) is 0.197. The van der Waals surface area contributed by atoms with E-state index in [4.69, 9.17) is 0 Å². The number of hydrogen-bond acceptors (Lipinski definition) is 1.